The molecule has 0 saturated heterocycles. The first kappa shape index (κ1) is 10.7. The maximum absolute atomic E-state index is 10.8. The topological polar surface area (TPSA) is 46.5 Å². The molecule has 1 atom stereocenters. The summed E-state index contributed by atoms with van der Waals surface area (Å²) in [5.74, 6) is -0.409. The van der Waals surface area contributed by atoms with Crippen LogP contribution in [-0.4, -0.2) is 18.2 Å². The van der Waals surface area contributed by atoms with Crippen LogP contribution in [0.3, 0.4) is 0 Å². The number of aliphatic hydroxyl groups is 1. The zero-order chi connectivity index (χ0) is 9.84. The van der Waals surface area contributed by atoms with Crippen LogP contribution in [0.5, 0.6) is 0 Å². The largest absolute Gasteiger partial charge is 0.469 e. The van der Waals surface area contributed by atoms with Gasteiger partial charge in [-0.05, 0) is 27.4 Å². The summed E-state index contributed by atoms with van der Waals surface area (Å²) in [6.45, 7) is 0. The summed E-state index contributed by atoms with van der Waals surface area (Å²) in [5.41, 5.74) is 0. The first-order chi connectivity index (χ1) is 6.15. The van der Waals surface area contributed by atoms with Crippen LogP contribution in [0.25, 0.3) is 0 Å². The van der Waals surface area contributed by atoms with Gasteiger partial charge in [0.1, 0.15) is 0 Å². The first-order valence-corrected chi connectivity index (χ1v) is 5.30. The van der Waals surface area contributed by atoms with E-state index in [0.717, 1.165) is 9.35 Å². The van der Waals surface area contributed by atoms with Crippen molar-refractivity contribution in [2.45, 2.75) is 12.5 Å². The number of halogens is 1. The molecule has 0 radical (unpaired) electrons. The molecule has 0 saturated carbocycles. The molecular weight excluding hydrogens is 256 g/mol. The highest BCUT2D eigenvalue weighted by Crippen LogP contribution is 2.30. The number of ether oxygens (including phenoxy) is 1. The second-order valence-electron chi connectivity index (χ2n) is 2.43. The van der Waals surface area contributed by atoms with Crippen LogP contribution < -0.4 is 0 Å². The summed E-state index contributed by atoms with van der Waals surface area (Å²) in [4.78, 5) is 11.6. The number of carbonyl (C=O) groups excluding carboxylic acids is 1. The summed E-state index contributed by atoms with van der Waals surface area (Å²) < 4.78 is 5.28. The van der Waals surface area contributed by atoms with Crippen LogP contribution >= 0.6 is 27.3 Å². The van der Waals surface area contributed by atoms with E-state index < -0.39 is 12.1 Å². The fourth-order valence-corrected chi connectivity index (χ4v) is 2.50. The molecule has 0 amide bonds. The van der Waals surface area contributed by atoms with Gasteiger partial charge in [0.2, 0.25) is 0 Å². The van der Waals surface area contributed by atoms with E-state index in [2.05, 4.69) is 20.7 Å². The second kappa shape index (κ2) is 4.74. The Morgan fingerprint density at radius 3 is 3.00 bits per heavy atom. The highest BCUT2D eigenvalue weighted by molar-refractivity contribution is 9.10. The SMILES string of the molecule is COC(=O)C[C@@H](O)c1sccc1Br. The van der Waals surface area contributed by atoms with Gasteiger partial charge in [-0.15, -0.1) is 11.3 Å². The molecule has 0 unspecified atom stereocenters. The van der Waals surface area contributed by atoms with E-state index >= 15 is 0 Å². The van der Waals surface area contributed by atoms with Gasteiger partial charge in [-0.25, -0.2) is 0 Å². The van der Waals surface area contributed by atoms with Crippen LogP contribution in [0.2, 0.25) is 0 Å². The van der Waals surface area contributed by atoms with Crippen LogP contribution in [0.15, 0.2) is 15.9 Å². The number of methoxy groups -OCH3 is 1. The lowest BCUT2D eigenvalue weighted by Gasteiger charge is -2.06. The van der Waals surface area contributed by atoms with Crippen molar-refractivity contribution < 1.29 is 14.6 Å². The van der Waals surface area contributed by atoms with Gasteiger partial charge in [0.25, 0.3) is 0 Å². The summed E-state index contributed by atoms with van der Waals surface area (Å²) in [5, 5.41) is 11.4. The van der Waals surface area contributed by atoms with Crippen molar-refractivity contribution in [3.63, 3.8) is 0 Å². The van der Waals surface area contributed by atoms with Crippen LogP contribution in [-0.2, 0) is 9.53 Å². The Morgan fingerprint density at radius 2 is 2.54 bits per heavy atom. The molecule has 0 aliphatic carbocycles. The molecule has 1 rings (SSSR count). The summed E-state index contributed by atoms with van der Waals surface area (Å²) in [6, 6.07) is 1.83. The monoisotopic (exact) mass is 264 g/mol. The fraction of sp³-hybridized carbons (Fsp3) is 0.375. The normalized spacial score (nSPS) is 12.5. The van der Waals surface area contributed by atoms with Gasteiger partial charge in [0.15, 0.2) is 0 Å². The number of carbonyl (C=O) groups is 1. The standard InChI is InChI=1S/C8H9BrO3S/c1-12-7(11)4-6(10)8-5(9)2-3-13-8/h2-3,6,10H,4H2,1H3/t6-/m1/s1. The number of thiophene rings is 1. The van der Waals surface area contributed by atoms with Crippen molar-refractivity contribution in [2.75, 3.05) is 7.11 Å². The lowest BCUT2D eigenvalue weighted by molar-refractivity contribution is -0.142. The average molecular weight is 265 g/mol. The fourth-order valence-electron chi connectivity index (χ4n) is 0.877. The van der Waals surface area contributed by atoms with E-state index in [-0.39, 0.29) is 6.42 Å². The quantitative estimate of drug-likeness (QED) is 0.851. The number of esters is 1. The van der Waals surface area contributed by atoms with Crippen molar-refractivity contribution in [2.24, 2.45) is 0 Å². The van der Waals surface area contributed by atoms with Gasteiger partial charge in [-0.3, -0.25) is 4.79 Å². The number of hydrogen-bond acceptors (Lipinski definition) is 4. The Hall–Kier alpha value is -0.390. The minimum Gasteiger partial charge on any atom is -0.469 e. The first-order valence-electron chi connectivity index (χ1n) is 3.63. The number of aliphatic hydroxyl groups excluding tert-OH is 1. The molecule has 0 spiro atoms. The average Bonchev–Trinajstić information content (AvgIpc) is 2.51. The van der Waals surface area contributed by atoms with E-state index in [1.54, 1.807) is 0 Å². The van der Waals surface area contributed by atoms with Crippen molar-refractivity contribution in [1.82, 2.24) is 0 Å². The summed E-state index contributed by atoms with van der Waals surface area (Å²) in [6.07, 6.45) is -0.780. The summed E-state index contributed by atoms with van der Waals surface area (Å²) >= 11 is 4.68. The summed E-state index contributed by atoms with van der Waals surface area (Å²) in [7, 11) is 1.30. The zero-order valence-corrected chi connectivity index (χ0v) is 9.39. The third-order valence-corrected chi connectivity index (χ3v) is 3.51. The van der Waals surface area contributed by atoms with Gasteiger partial charge < -0.3 is 9.84 Å². The van der Waals surface area contributed by atoms with Crippen molar-refractivity contribution >= 4 is 33.2 Å². The minimum atomic E-state index is -0.776. The number of hydrogen-bond donors (Lipinski definition) is 1. The molecule has 5 heteroatoms. The Kier molecular flexibility index (Phi) is 3.90. The molecule has 1 aromatic rings. The molecule has 0 aliphatic rings. The molecule has 0 bridgehead atoms. The molecule has 0 aliphatic heterocycles. The van der Waals surface area contributed by atoms with Crippen LogP contribution in [0.4, 0.5) is 0 Å². The molecular formula is C8H9BrO3S. The second-order valence-corrected chi connectivity index (χ2v) is 4.23. The molecule has 72 valence electrons. The lowest BCUT2D eigenvalue weighted by Crippen LogP contribution is -2.07. The Balaban J connectivity index is 2.63. The minimum absolute atomic E-state index is 0.00435. The molecule has 1 N–H and O–H groups in total. The van der Waals surface area contributed by atoms with Gasteiger partial charge >= 0.3 is 5.97 Å². The number of rotatable bonds is 3. The highest BCUT2D eigenvalue weighted by atomic mass is 79.9. The van der Waals surface area contributed by atoms with E-state index in [9.17, 15) is 9.90 Å². The van der Waals surface area contributed by atoms with E-state index in [1.807, 2.05) is 11.4 Å². The van der Waals surface area contributed by atoms with Gasteiger partial charge in [0, 0.05) is 9.35 Å². The van der Waals surface area contributed by atoms with Crippen molar-refractivity contribution in [3.8, 4) is 0 Å². The van der Waals surface area contributed by atoms with Crippen molar-refractivity contribution in [3.05, 3.63) is 20.8 Å². The molecule has 0 aromatic carbocycles. The van der Waals surface area contributed by atoms with E-state index in [1.165, 1.54) is 18.4 Å². The maximum Gasteiger partial charge on any atom is 0.308 e. The van der Waals surface area contributed by atoms with Crippen LogP contribution in [0.1, 0.15) is 17.4 Å². The molecule has 3 nitrogen and oxygen atoms in total. The molecule has 0 fully saturated rings. The zero-order valence-electron chi connectivity index (χ0n) is 6.99. The highest BCUT2D eigenvalue weighted by Gasteiger charge is 2.16. The van der Waals surface area contributed by atoms with Crippen LogP contribution in [0, 0.1) is 0 Å². The molecule has 1 heterocycles. The van der Waals surface area contributed by atoms with E-state index in [0.29, 0.717) is 0 Å². The third kappa shape index (κ3) is 2.79. The Morgan fingerprint density at radius 1 is 1.85 bits per heavy atom. The molecule has 13 heavy (non-hydrogen) atoms. The van der Waals surface area contributed by atoms with E-state index in [4.69, 9.17) is 0 Å². The maximum atomic E-state index is 10.8. The lowest BCUT2D eigenvalue weighted by atomic mass is 10.2. The third-order valence-electron chi connectivity index (χ3n) is 1.54. The predicted octanol–water partition coefficient (Wildman–Crippen LogP) is 2.11. The van der Waals surface area contributed by atoms with Gasteiger partial charge in [0.05, 0.1) is 19.6 Å². The smallest absolute Gasteiger partial charge is 0.308 e. The van der Waals surface area contributed by atoms with Gasteiger partial charge in [-0.1, -0.05) is 0 Å². The Bertz CT molecular complexity index is 297. The van der Waals surface area contributed by atoms with Crippen molar-refractivity contribution in [1.29, 1.82) is 0 Å². The van der Waals surface area contributed by atoms with Gasteiger partial charge in [-0.2, -0.15) is 0 Å². The molecule has 1 aromatic heterocycles. The Labute approximate surface area is 88.5 Å². The predicted molar refractivity (Wildman–Crippen MR) is 53.6 cm³/mol.